The number of benzene rings is 2. The summed E-state index contributed by atoms with van der Waals surface area (Å²) in [6, 6.07) is 8.39. The molecule has 0 atom stereocenters. The molecule has 0 aliphatic rings. The SMILES string of the molecule is COc1ccc(OC)c(CNS(=O)(=O)c2ccc(OC)c([N+](=O)[O-])c2)c1. The summed E-state index contributed by atoms with van der Waals surface area (Å²) in [5.41, 5.74) is 0.118. The zero-order chi connectivity index (χ0) is 19.3. The summed E-state index contributed by atoms with van der Waals surface area (Å²) in [4.78, 5) is 10.1. The third kappa shape index (κ3) is 4.21. The van der Waals surface area contributed by atoms with Crippen LogP contribution in [0.25, 0.3) is 0 Å². The lowest BCUT2D eigenvalue weighted by Crippen LogP contribution is -2.23. The van der Waals surface area contributed by atoms with Gasteiger partial charge in [0.05, 0.1) is 31.1 Å². The van der Waals surface area contributed by atoms with E-state index in [1.54, 1.807) is 18.2 Å². The summed E-state index contributed by atoms with van der Waals surface area (Å²) in [7, 11) is 0.235. The molecule has 0 bridgehead atoms. The minimum atomic E-state index is -3.99. The first kappa shape index (κ1) is 19.5. The maximum Gasteiger partial charge on any atom is 0.312 e. The van der Waals surface area contributed by atoms with Crippen molar-refractivity contribution in [2.45, 2.75) is 11.4 Å². The van der Waals surface area contributed by atoms with E-state index in [-0.39, 0.29) is 17.2 Å². The average molecular weight is 382 g/mol. The second kappa shape index (κ2) is 8.02. The highest BCUT2D eigenvalue weighted by molar-refractivity contribution is 7.89. The molecule has 2 aromatic carbocycles. The molecule has 0 aromatic heterocycles. The average Bonchev–Trinajstić information content (AvgIpc) is 2.65. The highest BCUT2D eigenvalue weighted by Crippen LogP contribution is 2.29. The quantitative estimate of drug-likeness (QED) is 0.549. The zero-order valence-electron chi connectivity index (χ0n) is 14.4. The van der Waals surface area contributed by atoms with E-state index in [1.165, 1.54) is 33.5 Å². The highest BCUT2D eigenvalue weighted by atomic mass is 32.2. The van der Waals surface area contributed by atoms with Crippen molar-refractivity contribution < 1.29 is 27.6 Å². The molecule has 140 valence electrons. The van der Waals surface area contributed by atoms with Crippen LogP contribution in [0, 0.1) is 10.1 Å². The molecule has 10 heteroatoms. The number of methoxy groups -OCH3 is 3. The third-order valence-corrected chi connectivity index (χ3v) is 5.00. The molecular weight excluding hydrogens is 364 g/mol. The number of nitro benzene ring substituents is 1. The first-order valence-electron chi connectivity index (χ1n) is 7.35. The standard InChI is InChI=1S/C16H18N2O7S/c1-23-12-4-6-15(24-2)11(8-12)10-17-26(21,22)13-5-7-16(25-3)14(9-13)18(19)20/h4-9,17H,10H2,1-3H3. The Hall–Kier alpha value is -2.85. The lowest BCUT2D eigenvalue weighted by molar-refractivity contribution is -0.386. The maximum atomic E-state index is 12.5. The summed E-state index contributed by atoms with van der Waals surface area (Å²) in [6.45, 7) is -0.0808. The van der Waals surface area contributed by atoms with E-state index >= 15 is 0 Å². The fraction of sp³-hybridized carbons (Fsp3) is 0.250. The van der Waals surface area contributed by atoms with Crippen molar-refractivity contribution >= 4 is 15.7 Å². The van der Waals surface area contributed by atoms with Crippen LogP contribution in [-0.2, 0) is 16.6 Å². The Morgan fingerprint density at radius 1 is 1.00 bits per heavy atom. The molecule has 2 aromatic rings. The number of nitro groups is 1. The van der Waals surface area contributed by atoms with E-state index in [2.05, 4.69) is 4.72 Å². The monoisotopic (exact) mass is 382 g/mol. The topological polar surface area (TPSA) is 117 Å². The van der Waals surface area contributed by atoms with Crippen LogP contribution >= 0.6 is 0 Å². The Morgan fingerprint density at radius 2 is 1.65 bits per heavy atom. The Balaban J connectivity index is 2.30. The van der Waals surface area contributed by atoms with Gasteiger partial charge in [0.25, 0.3) is 0 Å². The number of nitrogens with zero attached hydrogens (tertiary/aromatic N) is 1. The zero-order valence-corrected chi connectivity index (χ0v) is 15.2. The van der Waals surface area contributed by atoms with Gasteiger partial charge in [-0.15, -0.1) is 0 Å². The summed E-state index contributed by atoms with van der Waals surface area (Å²) >= 11 is 0. The molecule has 0 amide bonds. The molecule has 1 N–H and O–H groups in total. The highest BCUT2D eigenvalue weighted by Gasteiger charge is 2.22. The summed E-state index contributed by atoms with van der Waals surface area (Å²) < 4.78 is 42.6. The molecule has 0 fully saturated rings. The van der Waals surface area contributed by atoms with E-state index in [0.29, 0.717) is 17.1 Å². The molecule has 0 unspecified atom stereocenters. The molecule has 0 saturated heterocycles. The number of ether oxygens (including phenoxy) is 3. The second-order valence-corrected chi connectivity index (χ2v) is 6.86. The molecule has 0 aliphatic carbocycles. The third-order valence-electron chi connectivity index (χ3n) is 3.60. The molecule has 0 spiro atoms. The van der Waals surface area contributed by atoms with E-state index in [1.807, 2.05) is 0 Å². The summed E-state index contributed by atoms with van der Waals surface area (Å²) in [6.07, 6.45) is 0. The molecule has 9 nitrogen and oxygen atoms in total. The molecule has 26 heavy (non-hydrogen) atoms. The predicted octanol–water partition coefficient (Wildman–Crippen LogP) is 2.10. The minimum Gasteiger partial charge on any atom is -0.497 e. The van der Waals surface area contributed by atoms with Crippen molar-refractivity contribution in [3.63, 3.8) is 0 Å². The van der Waals surface area contributed by atoms with Gasteiger partial charge in [0.2, 0.25) is 10.0 Å². The van der Waals surface area contributed by atoms with Crippen LogP contribution < -0.4 is 18.9 Å². The van der Waals surface area contributed by atoms with E-state index in [0.717, 1.165) is 6.07 Å². The lowest BCUT2D eigenvalue weighted by Gasteiger charge is -2.12. The van der Waals surface area contributed by atoms with Crippen LogP contribution in [0.5, 0.6) is 17.2 Å². The van der Waals surface area contributed by atoms with Crippen molar-refractivity contribution in [3.8, 4) is 17.2 Å². The van der Waals surface area contributed by atoms with Crippen LogP contribution in [0.3, 0.4) is 0 Å². The number of hydrogen-bond donors (Lipinski definition) is 1. The van der Waals surface area contributed by atoms with Crippen molar-refractivity contribution in [1.82, 2.24) is 4.72 Å². The van der Waals surface area contributed by atoms with Crippen LogP contribution in [0.15, 0.2) is 41.3 Å². The Morgan fingerprint density at radius 3 is 2.23 bits per heavy atom. The van der Waals surface area contributed by atoms with Gasteiger partial charge in [-0.25, -0.2) is 13.1 Å². The van der Waals surface area contributed by atoms with Gasteiger partial charge in [0, 0.05) is 18.2 Å². The number of rotatable bonds is 8. The van der Waals surface area contributed by atoms with E-state index < -0.39 is 20.6 Å². The minimum absolute atomic E-state index is 0.0246. The van der Waals surface area contributed by atoms with Gasteiger partial charge in [-0.3, -0.25) is 10.1 Å². The molecule has 0 saturated carbocycles. The van der Waals surface area contributed by atoms with Gasteiger partial charge < -0.3 is 14.2 Å². The fourth-order valence-electron chi connectivity index (χ4n) is 2.26. The van der Waals surface area contributed by atoms with Gasteiger partial charge in [0.1, 0.15) is 11.5 Å². The first-order valence-corrected chi connectivity index (χ1v) is 8.83. The van der Waals surface area contributed by atoms with Crippen LogP contribution in [0.1, 0.15) is 5.56 Å². The molecule has 0 heterocycles. The number of hydrogen-bond acceptors (Lipinski definition) is 7. The molecule has 0 radical (unpaired) electrons. The first-order chi connectivity index (χ1) is 12.3. The maximum absolute atomic E-state index is 12.5. The van der Waals surface area contributed by atoms with Gasteiger partial charge in [-0.1, -0.05) is 0 Å². The number of sulfonamides is 1. The molecule has 2 rings (SSSR count). The van der Waals surface area contributed by atoms with Gasteiger partial charge in [-0.05, 0) is 30.3 Å². The van der Waals surface area contributed by atoms with Crippen molar-refractivity contribution in [1.29, 1.82) is 0 Å². The lowest BCUT2D eigenvalue weighted by atomic mass is 10.2. The van der Waals surface area contributed by atoms with Crippen molar-refractivity contribution in [2.24, 2.45) is 0 Å². The summed E-state index contributed by atoms with van der Waals surface area (Å²) in [5.74, 6) is 0.998. The second-order valence-electron chi connectivity index (χ2n) is 5.09. The largest absolute Gasteiger partial charge is 0.497 e. The Kier molecular flexibility index (Phi) is 6.01. The van der Waals surface area contributed by atoms with Crippen LogP contribution in [0.2, 0.25) is 0 Å². The van der Waals surface area contributed by atoms with Crippen LogP contribution in [0.4, 0.5) is 5.69 Å². The number of nitrogens with one attached hydrogen (secondary N) is 1. The molecular formula is C16H18N2O7S. The van der Waals surface area contributed by atoms with E-state index in [9.17, 15) is 18.5 Å². The van der Waals surface area contributed by atoms with Crippen LogP contribution in [-0.4, -0.2) is 34.7 Å². The molecule has 0 aliphatic heterocycles. The van der Waals surface area contributed by atoms with E-state index in [4.69, 9.17) is 14.2 Å². The van der Waals surface area contributed by atoms with Crippen molar-refractivity contribution in [3.05, 3.63) is 52.1 Å². The van der Waals surface area contributed by atoms with Crippen molar-refractivity contribution in [2.75, 3.05) is 21.3 Å². The summed E-state index contributed by atoms with van der Waals surface area (Å²) in [5, 5.41) is 11.1. The van der Waals surface area contributed by atoms with Gasteiger partial charge in [0.15, 0.2) is 5.75 Å². The van der Waals surface area contributed by atoms with Gasteiger partial charge >= 0.3 is 5.69 Å². The smallest absolute Gasteiger partial charge is 0.312 e. The predicted molar refractivity (Wildman–Crippen MR) is 93.2 cm³/mol. The Bertz CT molecular complexity index is 913. The van der Waals surface area contributed by atoms with Gasteiger partial charge in [-0.2, -0.15) is 0 Å². The normalized spacial score (nSPS) is 11.0. The Labute approximate surface area is 150 Å². The fourth-order valence-corrected chi connectivity index (χ4v) is 3.28.